The SMILES string of the molecule is Cc1ccc(C(=O)NC2CCN(C(C)c3nnc(CC(C)C)o3)CC2)s1. The molecule has 3 heterocycles. The second kappa shape index (κ2) is 8.31. The Morgan fingerprint density at radius 1 is 1.31 bits per heavy atom. The minimum absolute atomic E-state index is 0.0461. The zero-order valence-electron chi connectivity index (χ0n) is 16.0. The van der Waals surface area contributed by atoms with Crippen molar-refractivity contribution in [3.8, 4) is 0 Å². The van der Waals surface area contributed by atoms with Crippen LogP contribution in [0.15, 0.2) is 16.5 Å². The van der Waals surface area contributed by atoms with E-state index in [0.717, 1.165) is 48.0 Å². The Morgan fingerprint density at radius 3 is 2.65 bits per heavy atom. The van der Waals surface area contributed by atoms with E-state index in [0.29, 0.717) is 11.8 Å². The molecule has 26 heavy (non-hydrogen) atoms. The number of nitrogens with zero attached hydrogens (tertiary/aromatic N) is 3. The lowest BCUT2D eigenvalue weighted by atomic mass is 10.0. The van der Waals surface area contributed by atoms with Gasteiger partial charge < -0.3 is 9.73 Å². The van der Waals surface area contributed by atoms with E-state index < -0.39 is 0 Å². The Bertz CT molecular complexity index is 731. The average molecular weight is 377 g/mol. The van der Waals surface area contributed by atoms with Crippen LogP contribution >= 0.6 is 11.3 Å². The molecule has 1 atom stereocenters. The summed E-state index contributed by atoms with van der Waals surface area (Å²) in [6, 6.07) is 4.23. The molecule has 1 unspecified atom stereocenters. The van der Waals surface area contributed by atoms with Crippen molar-refractivity contribution in [2.24, 2.45) is 5.92 Å². The summed E-state index contributed by atoms with van der Waals surface area (Å²) in [5, 5.41) is 11.6. The van der Waals surface area contributed by atoms with Crippen LogP contribution in [0.25, 0.3) is 0 Å². The van der Waals surface area contributed by atoms with Crippen LogP contribution in [-0.2, 0) is 6.42 Å². The van der Waals surface area contributed by atoms with Gasteiger partial charge in [0.15, 0.2) is 0 Å². The number of hydrogen-bond donors (Lipinski definition) is 1. The number of likely N-dealkylation sites (tertiary alicyclic amines) is 1. The third kappa shape index (κ3) is 4.71. The van der Waals surface area contributed by atoms with Gasteiger partial charge in [0.1, 0.15) is 0 Å². The molecule has 1 aliphatic heterocycles. The highest BCUT2D eigenvalue weighted by Crippen LogP contribution is 2.24. The van der Waals surface area contributed by atoms with Gasteiger partial charge in [-0.25, -0.2) is 0 Å². The first-order valence-corrected chi connectivity index (χ1v) is 10.2. The molecule has 2 aromatic rings. The first-order valence-electron chi connectivity index (χ1n) is 9.36. The van der Waals surface area contributed by atoms with E-state index in [1.54, 1.807) is 11.3 Å². The summed E-state index contributed by atoms with van der Waals surface area (Å²) in [6.07, 6.45) is 2.69. The van der Waals surface area contributed by atoms with Gasteiger partial charge in [0.25, 0.3) is 5.91 Å². The maximum Gasteiger partial charge on any atom is 0.261 e. The molecule has 0 bridgehead atoms. The standard InChI is InChI=1S/C19H28N4O2S/c1-12(2)11-17-21-22-19(25-17)14(4)23-9-7-15(8-10-23)20-18(24)16-6-5-13(3)26-16/h5-6,12,14-15H,7-11H2,1-4H3,(H,20,24). The van der Waals surface area contributed by atoms with Gasteiger partial charge in [-0.1, -0.05) is 13.8 Å². The first-order chi connectivity index (χ1) is 12.4. The lowest BCUT2D eigenvalue weighted by molar-refractivity contribution is 0.0888. The molecule has 1 N–H and O–H groups in total. The maximum atomic E-state index is 12.3. The fourth-order valence-electron chi connectivity index (χ4n) is 3.27. The number of carbonyl (C=O) groups excluding carboxylic acids is 1. The van der Waals surface area contributed by atoms with E-state index >= 15 is 0 Å². The molecular weight excluding hydrogens is 348 g/mol. The number of thiophene rings is 1. The molecular formula is C19H28N4O2S. The topological polar surface area (TPSA) is 71.3 Å². The summed E-state index contributed by atoms with van der Waals surface area (Å²) in [5.41, 5.74) is 0. The quantitative estimate of drug-likeness (QED) is 0.834. The Balaban J connectivity index is 1.50. The lowest BCUT2D eigenvalue weighted by Gasteiger charge is -2.34. The highest BCUT2D eigenvalue weighted by atomic mass is 32.1. The maximum absolute atomic E-state index is 12.3. The first kappa shape index (κ1) is 19.0. The van der Waals surface area contributed by atoms with E-state index in [1.807, 2.05) is 19.1 Å². The van der Waals surface area contributed by atoms with Gasteiger partial charge >= 0.3 is 0 Å². The molecule has 3 rings (SSSR count). The number of aryl methyl sites for hydroxylation is 1. The van der Waals surface area contributed by atoms with Crippen molar-refractivity contribution >= 4 is 17.2 Å². The third-order valence-corrected chi connectivity index (χ3v) is 5.80. The van der Waals surface area contributed by atoms with Crippen LogP contribution in [0.1, 0.15) is 66.0 Å². The minimum atomic E-state index is 0.0461. The van der Waals surface area contributed by atoms with Crippen LogP contribution in [0.2, 0.25) is 0 Å². The van der Waals surface area contributed by atoms with Gasteiger partial charge in [0.05, 0.1) is 10.9 Å². The number of hydrogen-bond acceptors (Lipinski definition) is 6. The number of rotatable bonds is 6. The molecule has 1 aliphatic rings. The number of carbonyl (C=O) groups is 1. The third-order valence-electron chi connectivity index (χ3n) is 4.80. The van der Waals surface area contributed by atoms with E-state index in [1.165, 1.54) is 0 Å². The molecule has 6 nitrogen and oxygen atoms in total. The summed E-state index contributed by atoms with van der Waals surface area (Å²) in [7, 11) is 0. The zero-order valence-corrected chi connectivity index (χ0v) is 16.8. The Kier molecular flexibility index (Phi) is 6.09. The van der Waals surface area contributed by atoms with Crippen molar-refractivity contribution in [1.29, 1.82) is 0 Å². The molecule has 0 aliphatic carbocycles. The molecule has 1 saturated heterocycles. The molecule has 0 spiro atoms. The molecule has 1 amide bonds. The fourth-order valence-corrected chi connectivity index (χ4v) is 4.04. The number of nitrogens with one attached hydrogen (secondary N) is 1. The second-order valence-corrected chi connectivity index (χ2v) is 8.79. The summed E-state index contributed by atoms with van der Waals surface area (Å²) in [5.74, 6) is 1.96. The second-order valence-electron chi connectivity index (χ2n) is 7.50. The molecule has 0 radical (unpaired) electrons. The molecule has 0 saturated carbocycles. The highest BCUT2D eigenvalue weighted by molar-refractivity contribution is 7.13. The van der Waals surface area contributed by atoms with Gasteiger partial charge in [-0.15, -0.1) is 21.5 Å². The molecule has 7 heteroatoms. The van der Waals surface area contributed by atoms with E-state index in [4.69, 9.17) is 4.42 Å². The smallest absolute Gasteiger partial charge is 0.261 e. The van der Waals surface area contributed by atoms with E-state index in [-0.39, 0.29) is 18.0 Å². The van der Waals surface area contributed by atoms with Crippen molar-refractivity contribution in [2.45, 2.75) is 59.0 Å². The normalized spacial score (nSPS) is 17.6. The van der Waals surface area contributed by atoms with Gasteiger partial charge in [0.2, 0.25) is 11.8 Å². The van der Waals surface area contributed by atoms with Crippen LogP contribution in [0.3, 0.4) is 0 Å². The lowest BCUT2D eigenvalue weighted by Crippen LogP contribution is -2.45. The molecule has 1 fully saturated rings. The van der Waals surface area contributed by atoms with Crippen molar-refractivity contribution < 1.29 is 9.21 Å². The van der Waals surface area contributed by atoms with Gasteiger partial charge in [-0.3, -0.25) is 9.69 Å². The van der Waals surface area contributed by atoms with E-state index in [2.05, 4.69) is 41.2 Å². The summed E-state index contributed by atoms with van der Waals surface area (Å²) >= 11 is 1.54. The summed E-state index contributed by atoms with van der Waals surface area (Å²) < 4.78 is 5.83. The van der Waals surface area contributed by atoms with Crippen LogP contribution < -0.4 is 5.32 Å². The Hall–Kier alpha value is -1.73. The number of amides is 1. The van der Waals surface area contributed by atoms with Crippen LogP contribution in [0, 0.1) is 12.8 Å². The molecule has 0 aromatic carbocycles. The van der Waals surface area contributed by atoms with Crippen molar-refractivity contribution in [2.75, 3.05) is 13.1 Å². The Morgan fingerprint density at radius 2 is 2.04 bits per heavy atom. The van der Waals surface area contributed by atoms with Crippen molar-refractivity contribution in [3.05, 3.63) is 33.7 Å². The predicted octanol–water partition coefficient (Wildman–Crippen LogP) is 3.59. The van der Waals surface area contributed by atoms with Crippen LogP contribution in [0.4, 0.5) is 0 Å². The minimum Gasteiger partial charge on any atom is -0.424 e. The van der Waals surface area contributed by atoms with Crippen LogP contribution in [-0.4, -0.2) is 40.1 Å². The van der Waals surface area contributed by atoms with Gasteiger partial charge in [-0.05, 0) is 44.7 Å². The number of aromatic nitrogens is 2. The largest absolute Gasteiger partial charge is 0.424 e. The highest BCUT2D eigenvalue weighted by Gasteiger charge is 2.27. The molecule has 2 aromatic heterocycles. The zero-order chi connectivity index (χ0) is 18.7. The summed E-state index contributed by atoms with van der Waals surface area (Å²) in [4.78, 5) is 16.6. The fraction of sp³-hybridized carbons (Fsp3) is 0.632. The molecule has 142 valence electrons. The summed E-state index contributed by atoms with van der Waals surface area (Å²) in [6.45, 7) is 10.2. The van der Waals surface area contributed by atoms with Crippen LogP contribution in [0.5, 0.6) is 0 Å². The Labute approximate surface area is 159 Å². The number of piperidine rings is 1. The average Bonchev–Trinajstić information content (AvgIpc) is 3.23. The van der Waals surface area contributed by atoms with Gasteiger partial charge in [0, 0.05) is 30.4 Å². The van der Waals surface area contributed by atoms with Crippen molar-refractivity contribution in [3.63, 3.8) is 0 Å². The van der Waals surface area contributed by atoms with Gasteiger partial charge in [-0.2, -0.15) is 0 Å². The van der Waals surface area contributed by atoms with Crippen molar-refractivity contribution in [1.82, 2.24) is 20.4 Å². The monoisotopic (exact) mass is 376 g/mol. The van der Waals surface area contributed by atoms with E-state index in [9.17, 15) is 4.79 Å². The predicted molar refractivity (Wildman–Crippen MR) is 102 cm³/mol.